The fourth-order valence-electron chi connectivity index (χ4n) is 10.9. The summed E-state index contributed by atoms with van der Waals surface area (Å²) in [6, 6.07) is 30.3. The van der Waals surface area contributed by atoms with Gasteiger partial charge in [-0.25, -0.2) is 0 Å². The fraction of sp³-hybridized carbons (Fsp3) is 0.267. The summed E-state index contributed by atoms with van der Waals surface area (Å²) in [5.74, 6) is 1.07. The number of carbonyl (C=O) groups excluding carboxylic acids is 2. The Bertz CT molecular complexity index is 3390. The van der Waals surface area contributed by atoms with E-state index in [1.807, 2.05) is 46.7 Å². The number of thiophene rings is 2. The molecule has 6 aromatic heterocycles. The average molecular weight is 1020 g/mol. The number of hydrogen-bond donors (Lipinski definition) is 2. The molecular weight excluding hydrogens is 957 g/mol. The summed E-state index contributed by atoms with van der Waals surface area (Å²) >= 11 is 3.56. The predicted molar refractivity (Wildman–Crippen MR) is 301 cm³/mol. The quantitative estimate of drug-likeness (QED) is 0.136. The van der Waals surface area contributed by atoms with Crippen molar-refractivity contribution < 1.29 is 9.59 Å². The molecular formula is C60H58N10O2S2. The molecule has 2 N–H and O–H groups in total. The van der Waals surface area contributed by atoms with Crippen molar-refractivity contribution in [1.29, 1.82) is 0 Å². The van der Waals surface area contributed by atoms with Gasteiger partial charge in [0.15, 0.2) is 0 Å². The first kappa shape index (κ1) is 48.6. The smallest absolute Gasteiger partial charge is 0.219 e. The third-order valence-electron chi connectivity index (χ3n) is 14.9. The molecule has 10 aromatic rings. The van der Waals surface area contributed by atoms with Gasteiger partial charge in [-0.3, -0.25) is 39.5 Å². The molecule has 74 heavy (non-hydrogen) atoms. The van der Waals surface area contributed by atoms with Crippen LogP contribution < -0.4 is 10.6 Å². The largest absolute Gasteiger partial charge is 0.378 e. The number of pyridine rings is 2. The molecule has 2 saturated heterocycles. The third-order valence-corrected chi connectivity index (χ3v) is 17.1. The Morgan fingerprint density at radius 2 is 0.959 bits per heavy atom. The molecule has 2 aliphatic rings. The maximum Gasteiger partial charge on any atom is 0.219 e. The van der Waals surface area contributed by atoms with Gasteiger partial charge in [0.1, 0.15) is 0 Å². The highest BCUT2D eigenvalue weighted by Crippen LogP contribution is 2.40. The maximum absolute atomic E-state index is 11.9. The predicted octanol–water partition coefficient (Wildman–Crippen LogP) is 13.3. The standard InChI is InChI=1S/2C30H29N5OS/c2*1-19-18-37-28-6-5-22(14-25(19)28)26-15-24(16-27-30(26)33-11-10-32-27)34-29(23-4-3-9-31-17-23)21-7-12-35(13-8-21)20(2)36/h2*3-6,9-11,14-18,21,29,34H,7-8,12-13H2,1-2H3/t2*29-/m10/s1. The molecule has 12 nitrogen and oxygen atoms in total. The number of piperidine rings is 2. The van der Waals surface area contributed by atoms with E-state index in [0.717, 1.165) is 119 Å². The van der Waals surface area contributed by atoms with E-state index in [1.54, 1.807) is 61.3 Å². The van der Waals surface area contributed by atoms with E-state index in [1.165, 1.54) is 31.3 Å². The van der Waals surface area contributed by atoms with Crippen molar-refractivity contribution in [2.75, 3.05) is 36.8 Å². The SMILES string of the molecule is CC(=O)N1CCC([C@@H](Nc2cc(-c3ccc4scc(C)c4c3)c3nccnc3c2)c2cccnc2)CC1.CC(=O)N1CCC([C@H](Nc2cc(-c3ccc4scc(C)c4c3)c3nccnc3c2)c2cccnc2)CC1. The third kappa shape index (κ3) is 10.3. The van der Waals surface area contributed by atoms with Gasteiger partial charge < -0.3 is 20.4 Å². The lowest BCUT2D eigenvalue weighted by Gasteiger charge is -2.36. The number of amides is 2. The second-order valence-corrected chi connectivity index (χ2v) is 21.5. The molecule has 372 valence electrons. The number of rotatable bonds is 10. The van der Waals surface area contributed by atoms with Crippen LogP contribution in [0.1, 0.15) is 73.9 Å². The molecule has 0 unspecified atom stereocenters. The Balaban J connectivity index is 0.000000159. The van der Waals surface area contributed by atoms with Crippen LogP contribution in [0.25, 0.3) is 64.5 Å². The van der Waals surface area contributed by atoms with Crippen LogP contribution in [0, 0.1) is 25.7 Å². The fourth-order valence-corrected chi connectivity index (χ4v) is 12.8. The summed E-state index contributed by atoms with van der Waals surface area (Å²) in [7, 11) is 0. The minimum Gasteiger partial charge on any atom is -0.378 e. The lowest BCUT2D eigenvalue weighted by Crippen LogP contribution is -2.39. The molecule has 2 fully saturated rings. The van der Waals surface area contributed by atoms with Crippen molar-refractivity contribution in [2.45, 2.75) is 65.5 Å². The Labute approximate surface area is 439 Å². The van der Waals surface area contributed by atoms with Gasteiger partial charge in [-0.1, -0.05) is 24.3 Å². The Morgan fingerprint density at radius 3 is 1.35 bits per heavy atom. The number of anilines is 2. The monoisotopic (exact) mass is 1010 g/mol. The first-order valence-electron chi connectivity index (χ1n) is 25.4. The van der Waals surface area contributed by atoms with E-state index in [-0.39, 0.29) is 23.9 Å². The van der Waals surface area contributed by atoms with E-state index in [9.17, 15) is 9.59 Å². The zero-order valence-electron chi connectivity index (χ0n) is 42.0. The first-order chi connectivity index (χ1) is 36.1. The van der Waals surface area contributed by atoms with Gasteiger partial charge in [0.2, 0.25) is 11.8 Å². The van der Waals surface area contributed by atoms with Crippen molar-refractivity contribution in [3.63, 3.8) is 0 Å². The van der Waals surface area contributed by atoms with E-state index in [0.29, 0.717) is 11.8 Å². The number of hydrogen-bond acceptors (Lipinski definition) is 12. The van der Waals surface area contributed by atoms with Crippen molar-refractivity contribution in [2.24, 2.45) is 11.8 Å². The normalized spacial score (nSPS) is 15.2. The Kier molecular flexibility index (Phi) is 14.1. The highest BCUT2D eigenvalue weighted by atomic mass is 32.1. The molecule has 0 bridgehead atoms. The van der Waals surface area contributed by atoms with Gasteiger partial charge in [-0.05, 0) is 167 Å². The molecule has 4 aromatic carbocycles. The number of benzene rings is 4. The van der Waals surface area contributed by atoms with Crippen LogP contribution in [0.3, 0.4) is 0 Å². The van der Waals surface area contributed by atoms with Gasteiger partial charge in [0, 0.05) is 122 Å². The van der Waals surface area contributed by atoms with Crippen LogP contribution in [0.5, 0.6) is 0 Å². The summed E-state index contributed by atoms with van der Waals surface area (Å²) in [4.78, 5) is 55.3. The minimum absolute atomic E-state index is 0.0753. The molecule has 2 aliphatic heterocycles. The number of likely N-dealkylation sites (tertiary alicyclic amines) is 2. The van der Waals surface area contributed by atoms with Gasteiger partial charge in [-0.15, -0.1) is 22.7 Å². The van der Waals surface area contributed by atoms with Gasteiger partial charge in [0.05, 0.1) is 34.2 Å². The molecule has 14 heteroatoms. The van der Waals surface area contributed by atoms with Crippen LogP contribution >= 0.6 is 22.7 Å². The second kappa shape index (κ2) is 21.4. The van der Waals surface area contributed by atoms with Crippen LogP contribution in [0.15, 0.2) is 145 Å². The molecule has 0 radical (unpaired) electrons. The zero-order valence-corrected chi connectivity index (χ0v) is 43.7. The topological polar surface area (TPSA) is 142 Å². The van der Waals surface area contributed by atoms with Crippen molar-refractivity contribution in [3.05, 3.63) is 168 Å². The summed E-state index contributed by atoms with van der Waals surface area (Å²) in [6.45, 7) is 10.8. The highest BCUT2D eigenvalue weighted by molar-refractivity contribution is 7.17. The summed E-state index contributed by atoms with van der Waals surface area (Å²) < 4.78 is 2.58. The van der Waals surface area contributed by atoms with Crippen LogP contribution in [0.4, 0.5) is 11.4 Å². The van der Waals surface area contributed by atoms with E-state index in [4.69, 9.17) is 9.97 Å². The Morgan fingerprint density at radius 1 is 0.541 bits per heavy atom. The van der Waals surface area contributed by atoms with Crippen LogP contribution in [0.2, 0.25) is 0 Å². The van der Waals surface area contributed by atoms with Gasteiger partial charge in [0.25, 0.3) is 0 Å². The number of aryl methyl sites for hydroxylation is 2. The van der Waals surface area contributed by atoms with E-state index >= 15 is 0 Å². The lowest BCUT2D eigenvalue weighted by atomic mass is 9.85. The zero-order chi connectivity index (χ0) is 50.7. The lowest BCUT2D eigenvalue weighted by molar-refractivity contribution is -0.131. The maximum atomic E-state index is 11.9. The number of carbonyl (C=O) groups is 2. The molecule has 12 rings (SSSR count). The van der Waals surface area contributed by atoms with Crippen molar-refractivity contribution in [1.82, 2.24) is 39.7 Å². The van der Waals surface area contributed by atoms with Crippen LogP contribution in [-0.2, 0) is 9.59 Å². The summed E-state index contributed by atoms with van der Waals surface area (Å²) in [6.07, 6.45) is 18.3. The number of nitrogens with zero attached hydrogens (tertiary/aromatic N) is 8. The van der Waals surface area contributed by atoms with Crippen molar-refractivity contribution in [3.8, 4) is 22.3 Å². The molecule has 0 spiro atoms. The highest BCUT2D eigenvalue weighted by Gasteiger charge is 2.31. The number of nitrogens with one attached hydrogen (secondary N) is 2. The average Bonchev–Trinajstić information content (AvgIpc) is 4.02. The summed E-state index contributed by atoms with van der Waals surface area (Å²) in [5, 5.41) is 14.7. The Hall–Kier alpha value is -7.68. The van der Waals surface area contributed by atoms with Gasteiger partial charge >= 0.3 is 0 Å². The molecule has 0 aliphatic carbocycles. The molecule has 8 heterocycles. The summed E-state index contributed by atoms with van der Waals surface area (Å²) in [5.41, 5.74) is 14.8. The second-order valence-electron chi connectivity index (χ2n) is 19.7. The van der Waals surface area contributed by atoms with Gasteiger partial charge in [-0.2, -0.15) is 0 Å². The molecule has 2 amide bonds. The number of fused-ring (bicyclic) bond motifs is 4. The molecule has 0 saturated carbocycles. The minimum atomic E-state index is 0.0753. The van der Waals surface area contributed by atoms with E-state index < -0.39 is 0 Å². The van der Waals surface area contributed by atoms with Crippen LogP contribution in [-0.4, -0.2) is 77.7 Å². The molecule has 2 atom stereocenters. The number of aromatic nitrogens is 6. The van der Waals surface area contributed by atoms with Crippen molar-refractivity contribution >= 4 is 88.1 Å². The van der Waals surface area contributed by atoms with E-state index in [2.05, 4.69) is 128 Å². The first-order valence-corrected chi connectivity index (χ1v) is 27.2.